The van der Waals surface area contributed by atoms with E-state index in [4.69, 9.17) is 16.0 Å². The van der Waals surface area contributed by atoms with Crippen molar-refractivity contribution in [3.05, 3.63) is 46.6 Å². The van der Waals surface area contributed by atoms with Gasteiger partial charge < -0.3 is 14.2 Å². The zero-order valence-electron chi connectivity index (χ0n) is 12.5. The average molecular weight is 335 g/mol. The van der Waals surface area contributed by atoms with Crippen molar-refractivity contribution in [2.45, 2.75) is 6.92 Å². The molecule has 0 spiro atoms. The van der Waals surface area contributed by atoms with Gasteiger partial charge >= 0.3 is 11.8 Å². The lowest BCUT2D eigenvalue weighted by Crippen LogP contribution is -2.50. The summed E-state index contributed by atoms with van der Waals surface area (Å²) in [6.07, 6.45) is 0. The van der Waals surface area contributed by atoms with Crippen LogP contribution in [0.3, 0.4) is 0 Å². The highest BCUT2D eigenvalue weighted by molar-refractivity contribution is 6.33. The van der Waals surface area contributed by atoms with Gasteiger partial charge in [0.25, 0.3) is 5.91 Å². The first-order chi connectivity index (χ1) is 11.1. The van der Waals surface area contributed by atoms with Crippen LogP contribution in [0.5, 0.6) is 0 Å². The van der Waals surface area contributed by atoms with Crippen LogP contribution in [-0.2, 0) is 0 Å². The lowest BCUT2D eigenvalue weighted by atomic mass is 10.2. The molecule has 7 nitrogen and oxygen atoms in total. The molecule has 2 aromatic rings. The lowest BCUT2D eigenvalue weighted by molar-refractivity contribution is 0.0513. The van der Waals surface area contributed by atoms with E-state index in [0.717, 1.165) is 0 Å². The number of benzene rings is 1. The van der Waals surface area contributed by atoms with Gasteiger partial charge in [-0.2, -0.15) is 0 Å². The maximum atomic E-state index is 12.5. The van der Waals surface area contributed by atoms with Crippen LogP contribution in [0, 0.1) is 6.92 Å². The minimum atomic E-state index is -0.310. The Morgan fingerprint density at radius 1 is 1.04 bits per heavy atom. The van der Waals surface area contributed by atoms with E-state index in [9.17, 15) is 9.59 Å². The fourth-order valence-corrected chi connectivity index (χ4v) is 2.65. The molecule has 0 radical (unpaired) electrons. The monoisotopic (exact) mass is 334 g/mol. The molecule has 0 atom stereocenters. The number of hydrogen-bond donors (Lipinski definition) is 0. The number of aryl methyl sites for hydroxylation is 1. The number of halogens is 1. The second-order valence-electron chi connectivity index (χ2n) is 5.19. The minimum Gasteiger partial charge on any atom is -0.417 e. The summed E-state index contributed by atoms with van der Waals surface area (Å²) in [7, 11) is 0. The largest absolute Gasteiger partial charge is 0.417 e. The standard InChI is InChI=1S/C15H15ClN4O3/c1-10-17-18-13(23-10)15(22)20-8-6-19(7-9-20)14(21)11-4-2-3-5-12(11)16/h2-5H,6-9H2,1H3. The topological polar surface area (TPSA) is 79.5 Å². The molecular formula is C15H15ClN4O3. The van der Waals surface area contributed by atoms with Crippen molar-refractivity contribution in [3.8, 4) is 0 Å². The van der Waals surface area contributed by atoms with Crippen LogP contribution >= 0.6 is 11.6 Å². The third kappa shape index (κ3) is 3.19. The van der Waals surface area contributed by atoms with E-state index in [1.54, 1.807) is 41.0 Å². The second-order valence-corrected chi connectivity index (χ2v) is 5.60. The zero-order valence-corrected chi connectivity index (χ0v) is 13.3. The Balaban J connectivity index is 1.63. The predicted octanol–water partition coefficient (Wildman–Crippen LogP) is 1.63. The van der Waals surface area contributed by atoms with Gasteiger partial charge in [-0.05, 0) is 12.1 Å². The molecule has 2 amide bonds. The van der Waals surface area contributed by atoms with Crippen molar-refractivity contribution in [3.63, 3.8) is 0 Å². The molecule has 0 N–H and O–H groups in total. The van der Waals surface area contributed by atoms with E-state index in [2.05, 4.69) is 10.2 Å². The van der Waals surface area contributed by atoms with Crippen molar-refractivity contribution in [1.29, 1.82) is 0 Å². The summed E-state index contributed by atoms with van der Waals surface area (Å²) >= 11 is 6.06. The molecule has 0 unspecified atom stereocenters. The number of carbonyl (C=O) groups is 2. The summed E-state index contributed by atoms with van der Waals surface area (Å²) in [4.78, 5) is 28.0. The summed E-state index contributed by atoms with van der Waals surface area (Å²) in [5.41, 5.74) is 0.474. The highest BCUT2D eigenvalue weighted by Crippen LogP contribution is 2.18. The van der Waals surface area contributed by atoms with Crippen LogP contribution in [0.1, 0.15) is 26.9 Å². The molecule has 0 saturated carbocycles. The van der Waals surface area contributed by atoms with Gasteiger partial charge in [-0.15, -0.1) is 10.2 Å². The normalized spacial score (nSPS) is 14.9. The van der Waals surface area contributed by atoms with Gasteiger partial charge in [-0.3, -0.25) is 9.59 Å². The second kappa shape index (κ2) is 6.37. The number of nitrogens with zero attached hydrogens (tertiary/aromatic N) is 4. The first kappa shape index (κ1) is 15.5. The zero-order chi connectivity index (χ0) is 16.4. The summed E-state index contributed by atoms with van der Waals surface area (Å²) < 4.78 is 5.15. The lowest BCUT2D eigenvalue weighted by Gasteiger charge is -2.34. The van der Waals surface area contributed by atoms with Gasteiger partial charge in [0, 0.05) is 33.1 Å². The Kier molecular flexibility index (Phi) is 4.29. The molecule has 1 saturated heterocycles. The van der Waals surface area contributed by atoms with Crippen LogP contribution in [0.4, 0.5) is 0 Å². The van der Waals surface area contributed by atoms with E-state index >= 15 is 0 Å². The fourth-order valence-electron chi connectivity index (χ4n) is 2.44. The van der Waals surface area contributed by atoms with E-state index in [1.807, 2.05) is 0 Å². The number of amides is 2. The Hall–Kier alpha value is -2.41. The van der Waals surface area contributed by atoms with Gasteiger partial charge in [0.05, 0.1) is 10.6 Å². The maximum Gasteiger partial charge on any atom is 0.311 e. The highest BCUT2D eigenvalue weighted by Gasteiger charge is 2.28. The molecule has 3 rings (SSSR count). The van der Waals surface area contributed by atoms with E-state index in [0.29, 0.717) is 42.7 Å². The van der Waals surface area contributed by atoms with Crippen molar-refractivity contribution in [1.82, 2.24) is 20.0 Å². The minimum absolute atomic E-state index is 0.0200. The summed E-state index contributed by atoms with van der Waals surface area (Å²) in [5.74, 6) is -0.110. The van der Waals surface area contributed by atoms with E-state index < -0.39 is 0 Å². The van der Waals surface area contributed by atoms with Crippen molar-refractivity contribution < 1.29 is 14.0 Å². The van der Waals surface area contributed by atoms with Crippen LogP contribution in [0.15, 0.2) is 28.7 Å². The SMILES string of the molecule is Cc1nnc(C(=O)N2CCN(C(=O)c3ccccc3Cl)CC2)o1. The number of carbonyl (C=O) groups excluding carboxylic acids is 2. The molecule has 1 aliphatic rings. The van der Waals surface area contributed by atoms with Gasteiger partial charge in [0.1, 0.15) is 0 Å². The van der Waals surface area contributed by atoms with Crippen LogP contribution in [-0.4, -0.2) is 58.0 Å². The van der Waals surface area contributed by atoms with Crippen LogP contribution in [0.25, 0.3) is 0 Å². The summed E-state index contributed by atoms with van der Waals surface area (Å²) in [6, 6.07) is 6.94. The van der Waals surface area contributed by atoms with Crippen molar-refractivity contribution in [2.75, 3.05) is 26.2 Å². The Morgan fingerprint density at radius 2 is 1.65 bits per heavy atom. The smallest absolute Gasteiger partial charge is 0.311 e. The molecule has 0 bridgehead atoms. The van der Waals surface area contributed by atoms with Gasteiger partial charge in [-0.1, -0.05) is 23.7 Å². The first-order valence-corrected chi connectivity index (χ1v) is 7.57. The molecular weight excluding hydrogens is 320 g/mol. The Morgan fingerprint density at radius 3 is 2.22 bits per heavy atom. The van der Waals surface area contributed by atoms with Crippen molar-refractivity contribution in [2.24, 2.45) is 0 Å². The fraction of sp³-hybridized carbons (Fsp3) is 0.333. The molecule has 1 aromatic heterocycles. The average Bonchev–Trinajstić information content (AvgIpc) is 3.01. The summed E-state index contributed by atoms with van der Waals surface area (Å²) in [5, 5.41) is 7.81. The number of rotatable bonds is 2. The van der Waals surface area contributed by atoms with Gasteiger partial charge in [0.15, 0.2) is 0 Å². The molecule has 1 aromatic carbocycles. The molecule has 1 fully saturated rings. The molecule has 23 heavy (non-hydrogen) atoms. The molecule has 0 aliphatic carbocycles. The highest BCUT2D eigenvalue weighted by atomic mass is 35.5. The Labute approximate surface area is 137 Å². The first-order valence-electron chi connectivity index (χ1n) is 7.19. The quantitative estimate of drug-likeness (QED) is 0.834. The van der Waals surface area contributed by atoms with Crippen molar-refractivity contribution >= 4 is 23.4 Å². The molecule has 8 heteroatoms. The third-order valence-electron chi connectivity index (χ3n) is 3.67. The third-order valence-corrected chi connectivity index (χ3v) is 4.00. The number of aromatic nitrogens is 2. The van der Waals surface area contributed by atoms with Crippen LogP contribution in [0.2, 0.25) is 5.02 Å². The van der Waals surface area contributed by atoms with Crippen LogP contribution < -0.4 is 0 Å². The predicted molar refractivity (Wildman–Crippen MR) is 82.3 cm³/mol. The Bertz CT molecular complexity index is 738. The van der Waals surface area contributed by atoms with E-state index in [-0.39, 0.29) is 17.7 Å². The van der Waals surface area contributed by atoms with Gasteiger partial charge in [-0.25, -0.2) is 0 Å². The molecule has 2 heterocycles. The maximum absolute atomic E-state index is 12.5. The molecule has 120 valence electrons. The number of piperazine rings is 1. The molecule has 1 aliphatic heterocycles. The van der Waals surface area contributed by atoms with E-state index in [1.165, 1.54) is 0 Å². The summed E-state index contributed by atoms with van der Waals surface area (Å²) in [6.45, 7) is 3.32. The number of hydrogen-bond acceptors (Lipinski definition) is 5. The van der Waals surface area contributed by atoms with Gasteiger partial charge in [0.2, 0.25) is 5.89 Å².